The number of hydrogen-bond donors (Lipinski definition) is 1. The third-order valence-corrected chi connectivity index (χ3v) is 2.65. The van der Waals surface area contributed by atoms with Crippen LogP contribution in [0.3, 0.4) is 0 Å². The number of aromatic nitrogens is 2. The molecule has 2 heterocycles. The molecular formula is C9H8ClF3N2O2. The molecule has 17 heavy (non-hydrogen) atoms. The Balaban J connectivity index is 2.44. The van der Waals surface area contributed by atoms with Crippen LogP contribution < -0.4 is 0 Å². The number of fused-ring (bicyclic) bond motifs is 1. The second-order valence-corrected chi connectivity index (χ2v) is 4.27. The highest BCUT2D eigenvalue weighted by Crippen LogP contribution is 2.46. The summed E-state index contributed by atoms with van der Waals surface area (Å²) in [7, 11) is 0. The molecule has 0 saturated carbocycles. The molecular weight excluding hydrogens is 261 g/mol. The van der Waals surface area contributed by atoms with E-state index in [0.717, 1.165) is 6.20 Å². The maximum atomic E-state index is 12.4. The van der Waals surface area contributed by atoms with Gasteiger partial charge in [0.05, 0.1) is 17.7 Å². The van der Waals surface area contributed by atoms with Crippen molar-refractivity contribution >= 4 is 11.6 Å². The standard InChI is InChI=1S/C9H8ClF3N2O2/c1-8(3-9(11,12)13)5-4(6(16)17-8)2-14-7(10)15-5/h2,6,16H,3H2,1H3. The highest BCUT2D eigenvalue weighted by molar-refractivity contribution is 6.28. The van der Waals surface area contributed by atoms with Crippen molar-refractivity contribution in [3.8, 4) is 0 Å². The van der Waals surface area contributed by atoms with Crippen LogP contribution in [0, 0.1) is 0 Å². The smallest absolute Gasteiger partial charge is 0.364 e. The fourth-order valence-corrected chi connectivity index (χ4v) is 1.98. The number of aliphatic hydroxyl groups excluding tert-OH is 1. The molecule has 1 aliphatic rings. The van der Waals surface area contributed by atoms with Crippen molar-refractivity contribution in [2.45, 2.75) is 31.4 Å². The lowest BCUT2D eigenvalue weighted by atomic mass is 9.96. The first-order valence-corrected chi connectivity index (χ1v) is 5.05. The quantitative estimate of drug-likeness (QED) is 0.794. The molecule has 0 amide bonds. The molecule has 1 aromatic rings. The molecule has 0 aromatic carbocycles. The van der Waals surface area contributed by atoms with Crippen LogP contribution in [0.25, 0.3) is 0 Å². The predicted molar refractivity (Wildman–Crippen MR) is 51.1 cm³/mol. The maximum absolute atomic E-state index is 12.4. The van der Waals surface area contributed by atoms with Crippen molar-refractivity contribution in [2.24, 2.45) is 0 Å². The predicted octanol–water partition coefficient (Wildman–Crippen LogP) is 2.32. The van der Waals surface area contributed by atoms with Gasteiger partial charge in [0.1, 0.15) is 5.60 Å². The summed E-state index contributed by atoms with van der Waals surface area (Å²) in [5.74, 6) is 0. The zero-order valence-electron chi connectivity index (χ0n) is 8.62. The Labute approximate surface area is 99.4 Å². The van der Waals surface area contributed by atoms with Gasteiger partial charge in [-0.05, 0) is 18.5 Å². The number of halogens is 4. The fraction of sp³-hybridized carbons (Fsp3) is 0.556. The lowest BCUT2D eigenvalue weighted by Crippen LogP contribution is -2.30. The van der Waals surface area contributed by atoms with Gasteiger partial charge in [0.25, 0.3) is 0 Å². The van der Waals surface area contributed by atoms with E-state index in [-0.39, 0.29) is 16.5 Å². The molecule has 1 N–H and O–H groups in total. The highest BCUT2D eigenvalue weighted by atomic mass is 35.5. The largest absolute Gasteiger partial charge is 0.392 e. The summed E-state index contributed by atoms with van der Waals surface area (Å²) >= 11 is 5.53. The van der Waals surface area contributed by atoms with Crippen LogP contribution >= 0.6 is 11.6 Å². The molecule has 1 aliphatic heterocycles. The average Bonchev–Trinajstić information content (AvgIpc) is 2.35. The topological polar surface area (TPSA) is 55.2 Å². The summed E-state index contributed by atoms with van der Waals surface area (Å²) in [5.41, 5.74) is -1.65. The second kappa shape index (κ2) is 3.79. The first-order chi connectivity index (χ1) is 7.71. The maximum Gasteiger partial charge on any atom is 0.392 e. The van der Waals surface area contributed by atoms with Crippen molar-refractivity contribution < 1.29 is 23.0 Å². The second-order valence-electron chi connectivity index (χ2n) is 3.94. The van der Waals surface area contributed by atoms with E-state index in [9.17, 15) is 18.3 Å². The van der Waals surface area contributed by atoms with Crippen LogP contribution in [0.5, 0.6) is 0 Å². The fourth-order valence-electron chi connectivity index (χ4n) is 1.85. The summed E-state index contributed by atoms with van der Waals surface area (Å²) in [6.45, 7) is 1.21. The molecule has 94 valence electrons. The summed E-state index contributed by atoms with van der Waals surface area (Å²) in [4.78, 5) is 7.31. The molecule has 8 heteroatoms. The van der Waals surface area contributed by atoms with Gasteiger partial charge in [-0.2, -0.15) is 13.2 Å². The molecule has 2 atom stereocenters. The van der Waals surface area contributed by atoms with Crippen molar-refractivity contribution in [1.82, 2.24) is 9.97 Å². The first kappa shape index (κ1) is 12.5. The van der Waals surface area contributed by atoms with E-state index >= 15 is 0 Å². The zero-order chi connectivity index (χ0) is 12.8. The molecule has 0 aliphatic carbocycles. The SMILES string of the molecule is CC1(CC(F)(F)F)OC(O)c2cnc(Cl)nc21. The van der Waals surface area contributed by atoms with Gasteiger partial charge in [-0.25, -0.2) is 9.97 Å². The molecule has 0 spiro atoms. The Bertz CT molecular complexity index is 454. The third kappa shape index (κ3) is 2.36. The van der Waals surface area contributed by atoms with Gasteiger partial charge in [-0.15, -0.1) is 0 Å². The van der Waals surface area contributed by atoms with E-state index in [0.29, 0.717) is 0 Å². The van der Waals surface area contributed by atoms with Gasteiger partial charge >= 0.3 is 6.18 Å². The highest BCUT2D eigenvalue weighted by Gasteiger charge is 2.49. The molecule has 1 aromatic heterocycles. The third-order valence-electron chi connectivity index (χ3n) is 2.46. The molecule has 0 bridgehead atoms. The van der Waals surface area contributed by atoms with Crippen LogP contribution in [0.2, 0.25) is 5.28 Å². The van der Waals surface area contributed by atoms with Gasteiger partial charge < -0.3 is 9.84 Å². The zero-order valence-corrected chi connectivity index (χ0v) is 9.38. The number of rotatable bonds is 1. The summed E-state index contributed by atoms with van der Waals surface area (Å²) < 4.78 is 42.2. The molecule has 2 rings (SSSR count). The van der Waals surface area contributed by atoms with Gasteiger partial charge in [-0.1, -0.05) is 0 Å². The van der Waals surface area contributed by atoms with E-state index < -0.39 is 24.5 Å². The van der Waals surface area contributed by atoms with E-state index in [1.165, 1.54) is 6.92 Å². The van der Waals surface area contributed by atoms with Gasteiger partial charge in [-0.3, -0.25) is 0 Å². The summed E-state index contributed by atoms with van der Waals surface area (Å²) in [5, 5.41) is 9.31. The molecule has 2 unspecified atom stereocenters. The minimum absolute atomic E-state index is 0.0256. The van der Waals surface area contributed by atoms with Gasteiger partial charge in [0.2, 0.25) is 5.28 Å². The van der Waals surface area contributed by atoms with E-state index in [2.05, 4.69) is 9.97 Å². The Kier molecular flexibility index (Phi) is 2.80. The van der Waals surface area contributed by atoms with Crippen LogP contribution in [0.15, 0.2) is 6.20 Å². The van der Waals surface area contributed by atoms with E-state index in [1.807, 2.05) is 0 Å². The van der Waals surface area contributed by atoms with Crippen molar-refractivity contribution in [1.29, 1.82) is 0 Å². The number of aliphatic hydroxyl groups is 1. The van der Waals surface area contributed by atoms with Crippen LogP contribution in [-0.4, -0.2) is 21.3 Å². The average molecular weight is 269 g/mol. The minimum Gasteiger partial charge on any atom is -0.364 e. The van der Waals surface area contributed by atoms with E-state index in [4.69, 9.17) is 16.3 Å². The Hall–Kier alpha value is -0.920. The Morgan fingerprint density at radius 2 is 2.24 bits per heavy atom. The molecule has 0 fully saturated rings. The lowest BCUT2D eigenvalue weighted by Gasteiger charge is -2.25. The van der Waals surface area contributed by atoms with E-state index in [1.54, 1.807) is 0 Å². The van der Waals surface area contributed by atoms with Crippen molar-refractivity contribution in [2.75, 3.05) is 0 Å². The monoisotopic (exact) mass is 268 g/mol. The van der Waals surface area contributed by atoms with Crippen LogP contribution in [-0.2, 0) is 10.3 Å². The summed E-state index contributed by atoms with van der Waals surface area (Å²) in [6.07, 6.45) is -5.99. The number of alkyl halides is 3. The van der Waals surface area contributed by atoms with Crippen LogP contribution in [0.1, 0.15) is 30.9 Å². The summed E-state index contributed by atoms with van der Waals surface area (Å²) in [6, 6.07) is 0. The number of ether oxygens (including phenoxy) is 1. The normalized spacial score (nSPS) is 28.2. The van der Waals surface area contributed by atoms with Gasteiger partial charge in [0, 0.05) is 6.20 Å². The van der Waals surface area contributed by atoms with Crippen molar-refractivity contribution in [3.63, 3.8) is 0 Å². The van der Waals surface area contributed by atoms with Gasteiger partial charge in [0.15, 0.2) is 6.29 Å². The van der Waals surface area contributed by atoms with Crippen molar-refractivity contribution in [3.05, 3.63) is 22.7 Å². The number of nitrogens with zero attached hydrogens (tertiary/aromatic N) is 2. The number of hydrogen-bond acceptors (Lipinski definition) is 4. The Morgan fingerprint density at radius 3 is 2.82 bits per heavy atom. The molecule has 0 saturated heterocycles. The van der Waals surface area contributed by atoms with Crippen LogP contribution in [0.4, 0.5) is 13.2 Å². The molecule has 0 radical (unpaired) electrons. The lowest BCUT2D eigenvalue weighted by molar-refractivity contribution is -0.223. The minimum atomic E-state index is -4.44. The first-order valence-electron chi connectivity index (χ1n) is 4.67. The molecule has 4 nitrogen and oxygen atoms in total. The Morgan fingerprint density at radius 1 is 1.59 bits per heavy atom.